The van der Waals surface area contributed by atoms with Crippen molar-refractivity contribution in [1.29, 1.82) is 0 Å². The Labute approximate surface area is 132 Å². The van der Waals surface area contributed by atoms with Gasteiger partial charge in [0, 0.05) is 23.8 Å². The van der Waals surface area contributed by atoms with Gasteiger partial charge in [-0.1, -0.05) is 0 Å². The van der Waals surface area contributed by atoms with Crippen LogP contribution in [-0.2, 0) is 12.4 Å². The second-order valence-corrected chi connectivity index (χ2v) is 5.07. The summed E-state index contributed by atoms with van der Waals surface area (Å²) in [6, 6.07) is 1.23. The zero-order chi connectivity index (χ0) is 18.3. The van der Waals surface area contributed by atoms with Crippen LogP contribution in [0.3, 0.4) is 0 Å². The van der Waals surface area contributed by atoms with Crippen LogP contribution < -0.4 is 0 Å². The molecule has 3 nitrogen and oxygen atoms in total. The molecule has 24 heavy (non-hydrogen) atoms. The predicted octanol–water partition coefficient (Wildman–Crippen LogP) is 4.36. The summed E-state index contributed by atoms with van der Waals surface area (Å²) in [5.74, 6) is -1.44. The molecule has 0 radical (unpaired) electrons. The van der Waals surface area contributed by atoms with Gasteiger partial charge >= 0.3 is 12.4 Å². The number of carbonyl (C=O) groups is 1. The predicted molar refractivity (Wildman–Crippen MR) is 71.4 cm³/mol. The Morgan fingerprint density at radius 2 is 1.12 bits per heavy atom. The molecular weight excluding hydrogens is 338 g/mol. The van der Waals surface area contributed by atoms with E-state index in [-0.39, 0.29) is 11.4 Å². The summed E-state index contributed by atoms with van der Waals surface area (Å²) in [4.78, 5) is 19.5. The summed E-state index contributed by atoms with van der Waals surface area (Å²) in [6.07, 6.45) is -8.56. The van der Waals surface area contributed by atoms with Crippen molar-refractivity contribution in [1.82, 2.24) is 9.97 Å². The van der Waals surface area contributed by atoms with E-state index in [1.807, 2.05) is 0 Å². The highest BCUT2D eigenvalue weighted by atomic mass is 19.4. The Morgan fingerprint density at radius 1 is 0.792 bits per heavy atom. The van der Waals surface area contributed by atoms with E-state index in [1.165, 1.54) is 13.8 Å². The number of carbonyl (C=O) groups excluding carboxylic acids is 1. The molecule has 0 aromatic carbocycles. The van der Waals surface area contributed by atoms with Gasteiger partial charge in [-0.15, -0.1) is 0 Å². The van der Waals surface area contributed by atoms with Crippen LogP contribution >= 0.6 is 0 Å². The Hall–Kier alpha value is -2.45. The summed E-state index contributed by atoms with van der Waals surface area (Å²) >= 11 is 0. The minimum absolute atomic E-state index is 0.0167. The van der Waals surface area contributed by atoms with Crippen molar-refractivity contribution < 1.29 is 31.1 Å². The summed E-state index contributed by atoms with van der Waals surface area (Å²) in [7, 11) is 0. The molecule has 0 bridgehead atoms. The van der Waals surface area contributed by atoms with Gasteiger partial charge in [0.25, 0.3) is 0 Å². The van der Waals surface area contributed by atoms with E-state index >= 15 is 0 Å². The van der Waals surface area contributed by atoms with Crippen molar-refractivity contribution in [3.63, 3.8) is 0 Å². The first-order chi connectivity index (χ1) is 10.9. The van der Waals surface area contributed by atoms with Gasteiger partial charge in [-0.05, 0) is 26.0 Å². The zero-order valence-electron chi connectivity index (χ0n) is 12.4. The lowest BCUT2D eigenvalue weighted by atomic mass is 9.96. The fourth-order valence-electron chi connectivity index (χ4n) is 2.10. The van der Waals surface area contributed by atoms with Crippen molar-refractivity contribution in [3.05, 3.63) is 58.2 Å². The number of hydrogen-bond acceptors (Lipinski definition) is 3. The van der Waals surface area contributed by atoms with E-state index in [4.69, 9.17) is 0 Å². The van der Waals surface area contributed by atoms with Crippen LogP contribution in [0.4, 0.5) is 26.3 Å². The van der Waals surface area contributed by atoms with E-state index in [0.29, 0.717) is 24.5 Å². The maximum Gasteiger partial charge on any atom is 0.417 e. The Kier molecular flexibility index (Phi) is 4.38. The van der Waals surface area contributed by atoms with Gasteiger partial charge in [-0.2, -0.15) is 26.3 Å². The quantitative estimate of drug-likeness (QED) is 0.598. The van der Waals surface area contributed by atoms with Crippen LogP contribution in [0.15, 0.2) is 24.5 Å². The number of aromatic nitrogens is 2. The molecule has 9 heteroatoms. The van der Waals surface area contributed by atoms with Crippen LogP contribution in [0.25, 0.3) is 0 Å². The molecular formula is C15H10F6N2O. The molecule has 0 aliphatic carbocycles. The molecule has 0 saturated carbocycles. The van der Waals surface area contributed by atoms with E-state index in [1.54, 1.807) is 0 Å². The smallest absolute Gasteiger partial charge is 0.288 e. The molecule has 0 atom stereocenters. The first-order valence-corrected chi connectivity index (χ1v) is 6.53. The molecule has 2 aromatic rings. The Balaban J connectivity index is 2.68. The molecule has 128 valence electrons. The summed E-state index contributed by atoms with van der Waals surface area (Å²) < 4.78 is 78.5. The number of aryl methyl sites for hydroxylation is 2. The highest BCUT2D eigenvalue weighted by Crippen LogP contribution is 2.36. The van der Waals surface area contributed by atoms with E-state index in [9.17, 15) is 31.1 Å². The van der Waals surface area contributed by atoms with Crippen molar-refractivity contribution in [2.24, 2.45) is 0 Å². The molecule has 0 unspecified atom stereocenters. The standard InChI is InChI=1S/C15H10F6N2O/c1-7-3-11(14(16,17)18)9(5-22-7)13(24)10-6-23-8(2)4-12(10)15(19,20)21/h3-6H,1-2H3. The van der Waals surface area contributed by atoms with Crippen LogP contribution in [0.5, 0.6) is 0 Å². The van der Waals surface area contributed by atoms with Crippen LogP contribution in [0, 0.1) is 13.8 Å². The van der Waals surface area contributed by atoms with Gasteiger partial charge in [0.15, 0.2) is 5.78 Å². The maximum absolute atomic E-state index is 13.1. The summed E-state index contributed by atoms with van der Waals surface area (Å²) in [5.41, 5.74) is -4.62. The number of alkyl halides is 6. The summed E-state index contributed by atoms with van der Waals surface area (Å²) in [5, 5.41) is 0. The lowest BCUT2D eigenvalue weighted by Gasteiger charge is -2.15. The van der Waals surface area contributed by atoms with Gasteiger partial charge in [-0.25, -0.2) is 0 Å². The van der Waals surface area contributed by atoms with E-state index < -0.39 is 40.4 Å². The highest BCUT2D eigenvalue weighted by molar-refractivity contribution is 6.10. The SMILES string of the molecule is Cc1cc(C(F)(F)F)c(C(=O)c2cnc(C)cc2C(F)(F)F)cn1. The van der Waals surface area contributed by atoms with Crippen LogP contribution in [0.1, 0.15) is 38.4 Å². The van der Waals surface area contributed by atoms with Crippen LogP contribution in [-0.4, -0.2) is 15.8 Å². The van der Waals surface area contributed by atoms with E-state index in [0.717, 1.165) is 0 Å². The average molecular weight is 348 g/mol. The highest BCUT2D eigenvalue weighted by Gasteiger charge is 2.39. The van der Waals surface area contributed by atoms with Gasteiger partial charge in [0.1, 0.15) is 0 Å². The zero-order valence-corrected chi connectivity index (χ0v) is 12.4. The molecule has 0 aliphatic heterocycles. The second-order valence-electron chi connectivity index (χ2n) is 5.07. The Morgan fingerprint density at radius 3 is 1.42 bits per heavy atom. The molecule has 2 heterocycles. The number of ketones is 1. The number of nitrogens with zero attached hydrogens (tertiary/aromatic N) is 2. The molecule has 0 fully saturated rings. The molecule has 2 rings (SSSR count). The van der Waals surface area contributed by atoms with Crippen molar-refractivity contribution >= 4 is 5.78 Å². The second kappa shape index (κ2) is 5.88. The molecule has 0 amide bonds. The minimum Gasteiger partial charge on any atom is -0.288 e. The number of halogens is 6. The maximum atomic E-state index is 13.1. The first-order valence-electron chi connectivity index (χ1n) is 6.53. The third kappa shape index (κ3) is 3.55. The molecule has 0 spiro atoms. The normalized spacial score (nSPS) is 12.3. The van der Waals surface area contributed by atoms with Crippen molar-refractivity contribution in [2.45, 2.75) is 26.2 Å². The van der Waals surface area contributed by atoms with Crippen LogP contribution in [0.2, 0.25) is 0 Å². The number of hydrogen-bond donors (Lipinski definition) is 0. The van der Waals surface area contributed by atoms with Gasteiger partial charge in [0.05, 0.1) is 22.3 Å². The molecule has 0 N–H and O–H groups in total. The third-order valence-corrected chi connectivity index (χ3v) is 3.18. The van der Waals surface area contributed by atoms with Gasteiger partial charge in [0.2, 0.25) is 0 Å². The van der Waals surface area contributed by atoms with Crippen molar-refractivity contribution in [3.8, 4) is 0 Å². The van der Waals surface area contributed by atoms with Gasteiger partial charge in [-0.3, -0.25) is 14.8 Å². The molecule has 0 aliphatic rings. The lowest BCUT2D eigenvalue weighted by Crippen LogP contribution is -2.19. The monoisotopic (exact) mass is 348 g/mol. The minimum atomic E-state index is -4.91. The average Bonchev–Trinajstić information content (AvgIpc) is 2.44. The fourth-order valence-corrected chi connectivity index (χ4v) is 2.10. The van der Waals surface area contributed by atoms with Crippen molar-refractivity contribution in [2.75, 3.05) is 0 Å². The van der Waals surface area contributed by atoms with Gasteiger partial charge < -0.3 is 0 Å². The fraction of sp³-hybridized carbons (Fsp3) is 0.267. The number of rotatable bonds is 2. The lowest BCUT2D eigenvalue weighted by molar-refractivity contribution is -0.138. The first kappa shape index (κ1) is 17.9. The summed E-state index contributed by atoms with van der Waals surface area (Å²) in [6.45, 7) is 2.55. The largest absolute Gasteiger partial charge is 0.417 e. The number of pyridine rings is 2. The topological polar surface area (TPSA) is 42.9 Å². The molecule has 2 aromatic heterocycles. The Bertz CT molecular complexity index is 730. The van der Waals surface area contributed by atoms with E-state index in [2.05, 4.69) is 9.97 Å². The third-order valence-electron chi connectivity index (χ3n) is 3.18. The molecule has 0 saturated heterocycles.